The molecular weight excluding hydrogens is 174 g/mol. The Hall–Kier alpha value is -0.860. The highest BCUT2D eigenvalue weighted by atomic mass is 16.5. The van der Waals surface area contributed by atoms with Gasteiger partial charge in [-0.05, 0) is 37.9 Å². The van der Waals surface area contributed by atoms with Crippen molar-refractivity contribution in [2.45, 2.75) is 32.0 Å². The lowest BCUT2D eigenvalue weighted by atomic mass is 9.94. The minimum absolute atomic E-state index is 0.156. The molecule has 0 bridgehead atoms. The highest BCUT2D eigenvalue weighted by molar-refractivity contribution is 5.37. The standard InChI is InChI=1S/C12H17NO/c1-12(2)10-6-4-3-5-9(10)11(14-12)7-8-13/h3-6,11H,7-8,13H2,1-2H3. The highest BCUT2D eigenvalue weighted by Gasteiger charge is 2.36. The van der Waals surface area contributed by atoms with E-state index < -0.39 is 0 Å². The molecule has 1 heterocycles. The van der Waals surface area contributed by atoms with Crippen molar-refractivity contribution in [2.24, 2.45) is 5.73 Å². The molecular formula is C12H17NO. The topological polar surface area (TPSA) is 35.2 Å². The van der Waals surface area contributed by atoms with Crippen LogP contribution < -0.4 is 5.73 Å². The van der Waals surface area contributed by atoms with Crippen LogP contribution in [0.2, 0.25) is 0 Å². The summed E-state index contributed by atoms with van der Waals surface area (Å²) in [7, 11) is 0. The summed E-state index contributed by atoms with van der Waals surface area (Å²) >= 11 is 0. The first-order chi connectivity index (χ1) is 6.65. The van der Waals surface area contributed by atoms with Crippen molar-refractivity contribution in [3.8, 4) is 0 Å². The summed E-state index contributed by atoms with van der Waals surface area (Å²) in [6.45, 7) is 4.90. The fraction of sp³-hybridized carbons (Fsp3) is 0.500. The van der Waals surface area contributed by atoms with Gasteiger partial charge in [0, 0.05) is 0 Å². The van der Waals surface area contributed by atoms with E-state index in [1.54, 1.807) is 0 Å². The predicted molar refractivity (Wildman–Crippen MR) is 57.0 cm³/mol. The molecule has 2 rings (SSSR count). The van der Waals surface area contributed by atoms with Gasteiger partial charge in [-0.2, -0.15) is 0 Å². The van der Waals surface area contributed by atoms with Crippen molar-refractivity contribution in [3.05, 3.63) is 35.4 Å². The SMILES string of the molecule is CC1(C)OC(CCN)c2ccccc21. The van der Waals surface area contributed by atoms with E-state index in [2.05, 4.69) is 38.1 Å². The summed E-state index contributed by atoms with van der Waals surface area (Å²) in [6, 6.07) is 8.41. The average molecular weight is 191 g/mol. The van der Waals surface area contributed by atoms with Gasteiger partial charge in [0.2, 0.25) is 0 Å². The zero-order valence-electron chi connectivity index (χ0n) is 8.79. The second kappa shape index (κ2) is 3.37. The summed E-state index contributed by atoms with van der Waals surface area (Å²) in [6.07, 6.45) is 1.09. The Morgan fingerprint density at radius 3 is 2.79 bits per heavy atom. The Morgan fingerprint density at radius 2 is 2.07 bits per heavy atom. The van der Waals surface area contributed by atoms with Crippen LogP contribution in [0.5, 0.6) is 0 Å². The fourth-order valence-electron chi connectivity index (χ4n) is 2.17. The molecule has 0 radical (unpaired) electrons. The lowest BCUT2D eigenvalue weighted by Crippen LogP contribution is -2.16. The van der Waals surface area contributed by atoms with Gasteiger partial charge in [-0.3, -0.25) is 0 Å². The molecule has 2 nitrogen and oxygen atoms in total. The van der Waals surface area contributed by atoms with E-state index in [1.807, 2.05) is 0 Å². The maximum Gasteiger partial charge on any atom is 0.0887 e. The summed E-state index contributed by atoms with van der Waals surface area (Å²) in [4.78, 5) is 0. The van der Waals surface area contributed by atoms with E-state index in [-0.39, 0.29) is 11.7 Å². The third kappa shape index (κ3) is 1.45. The first kappa shape index (κ1) is 9.69. The zero-order chi connectivity index (χ0) is 10.2. The van der Waals surface area contributed by atoms with Crippen LogP contribution in [-0.4, -0.2) is 6.54 Å². The van der Waals surface area contributed by atoms with Crippen molar-refractivity contribution in [3.63, 3.8) is 0 Å². The smallest absolute Gasteiger partial charge is 0.0887 e. The number of rotatable bonds is 2. The van der Waals surface area contributed by atoms with Crippen molar-refractivity contribution in [1.82, 2.24) is 0 Å². The second-order valence-electron chi connectivity index (χ2n) is 4.28. The van der Waals surface area contributed by atoms with E-state index in [9.17, 15) is 0 Å². The Morgan fingerprint density at radius 1 is 1.36 bits per heavy atom. The molecule has 14 heavy (non-hydrogen) atoms. The molecule has 1 aliphatic rings. The summed E-state index contributed by atoms with van der Waals surface area (Å²) in [5.74, 6) is 0. The predicted octanol–water partition coefficient (Wildman–Crippen LogP) is 2.34. The molecule has 0 saturated heterocycles. The van der Waals surface area contributed by atoms with Crippen LogP contribution in [0.25, 0.3) is 0 Å². The van der Waals surface area contributed by atoms with E-state index in [0.29, 0.717) is 6.54 Å². The maximum absolute atomic E-state index is 5.98. The molecule has 2 N–H and O–H groups in total. The Labute approximate surface area is 85.1 Å². The second-order valence-corrected chi connectivity index (χ2v) is 4.28. The van der Waals surface area contributed by atoms with Gasteiger partial charge in [0.15, 0.2) is 0 Å². The number of ether oxygens (including phenoxy) is 1. The molecule has 2 heteroatoms. The first-order valence-electron chi connectivity index (χ1n) is 5.12. The van der Waals surface area contributed by atoms with Gasteiger partial charge in [-0.25, -0.2) is 0 Å². The molecule has 0 aromatic heterocycles. The molecule has 0 aliphatic carbocycles. The summed E-state index contributed by atoms with van der Waals surface area (Å²) < 4.78 is 5.98. The molecule has 0 saturated carbocycles. The van der Waals surface area contributed by atoms with Crippen LogP contribution >= 0.6 is 0 Å². The third-order valence-corrected chi connectivity index (χ3v) is 2.82. The minimum atomic E-state index is -0.156. The largest absolute Gasteiger partial charge is 0.363 e. The molecule has 0 fully saturated rings. The maximum atomic E-state index is 5.98. The number of benzene rings is 1. The molecule has 1 atom stereocenters. The lowest BCUT2D eigenvalue weighted by Gasteiger charge is -2.20. The quantitative estimate of drug-likeness (QED) is 0.778. The molecule has 1 aromatic carbocycles. The van der Waals surface area contributed by atoms with Gasteiger partial charge < -0.3 is 10.5 Å². The minimum Gasteiger partial charge on any atom is -0.363 e. The van der Waals surface area contributed by atoms with Crippen molar-refractivity contribution in [1.29, 1.82) is 0 Å². The van der Waals surface area contributed by atoms with E-state index in [1.165, 1.54) is 11.1 Å². The first-order valence-corrected chi connectivity index (χ1v) is 5.12. The van der Waals surface area contributed by atoms with Crippen LogP contribution in [-0.2, 0) is 10.3 Å². The molecule has 1 aliphatic heterocycles. The van der Waals surface area contributed by atoms with E-state index in [4.69, 9.17) is 10.5 Å². The van der Waals surface area contributed by atoms with Gasteiger partial charge in [0.1, 0.15) is 0 Å². The molecule has 76 valence electrons. The number of fused-ring (bicyclic) bond motifs is 1. The summed E-state index contributed by atoms with van der Waals surface area (Å²) in [5.41, 5.74) is 8.03. The number of hydrogen-bond donors (Lipinski definition) is 1. The number of hydrogen-bond acceptors (Lipinski definition) is 2. The van der Waals surface area contributed by atoms with Gasteiger partial charge in [-0.1, -0.05) is 24.3 Å². The van der Waals surface area contributed by atoms with Gasteiger partial charge in [-0.15, -0.1) is 0 Å². The summed E-state index contributed by atoms with van der Waals surface area (Å²) in [5, 5.41) is 0. The van der Waals surface area contributed by atoms with Crippen LogP contribution in [0.15, 0.2) is 24.3 Å². The molecule has 0 spiro atoms. The Kier molecular flexibility index (Phi) is 2.33. The van der Waals surface area contributed by atoms with E-state index >= 15 is 0 Å². The lowest BCUT2D eigenvalue weighted by molar-refractivity contribution is -0.0541. The van der Waals surface area contributed by atoms with Crippen LogP contribution in [0.3, 0.4) is 0 Å². The monoisotopic (exact) mass is 191 g/mol. The van der Waals surface area contributed by atoms with Crippen molar-refractivity contribution >= 4 is 0 Å². The Balaban J connectivity index is 2.39. The van der Waals surface area contributed by atoms with Gasteiger partial charge in [0.05, 0.1) is 11.7 Å². The average Bonchev–Trinajstić information content (AvgIpc) is 2.41. The molecule has 1 unspecified atom stereocenters. The highest BCUT2D eigenvalue weighted by Crippen LogP contribution is 2.43. The molecule has 0 amide bonds. The van der Waals surface area contributed by atoms with Crippen molar-refractivity contribution in [2.75, 3.05) is 6.54 Å². The Bertz CT molecular complexity index is 333. The fourth-order valence-corrected chi connectivity index (χ4v) is 2.17. The van der Waals surface area contributed by atoms with Gasteiger partial charge in [0.25, 0.3) is 0 Å². The third-order valence-electron chi connectivity index (χ3n) is 2.82. The van der Waals surface area contributed by atoms with Crippen LogP contribution in [0.1, 0.15) is 37.5 Å². The number of nitrogens with two attached hydrogens (primary N) is 1. The van der Waals surface area contributed by atoms with Crippen molar-refractivity contribution < 1.29 is 4.74 Å². The van der Waals surface area contributed by atoms with Gasteiger partial charge >= 0.3 is 0 Å². The van der Waals surface area contributed by atoms with Crippen LogP contribution in [0.4, 0.5) is 0 Å². The molecule has 1 aromatic rings. The normalized spacial score (nSPS) is 23.5. The zero-order valence-corrected chi connectivity index (χ0v) is 8.79. The van der Waals surface area contributed by atoms with Crippen LogP contribution in [0, 0.1) is 0 Å². The van der Waals surface area contributed by atoms with E-state index in [0.717, 1.165) is 6.42 Å².